The summed E-state index contributed by atoms with van der Waals surface area (Å²) in [6, 6.07) is 0.294. The van der Waals surface area contributed by atoms with Crippen molar-refractivity contribution < 1.29 is 9.53 Å². The molecule has 1 aromatic heterocycles. The number of thiazole rings is 1. The molecule has 1 amide bonds. The zero-order chi connectivity index (χ0) is 15.5. The fourth-order valence-electron chi connectivity index (χ4n) is 3.29. The molecule has 0 radical (unpaired) electrons. The first-order valence-electron chi connectivity index (χ1n) is 7.99. The Morgan fingerprint density at radius 1 is 1.36 bits per heavy atom. The van der Waals surface area contributed by atoms with Crippen molar-refractivity contribution in [2.24, 2.45) is 0 Å². The van der Waals surface area contributed by atoms with Crippen molar-refractivity contribution in [2.45, 2.75) is 32.2 Å². The zero-order valence-corrected chi connectivity index (χ0v) is 13.9. The predicted molar refractivity (Wildman–Crippen MR) is 87.2 cm³/mol. The number of aryl methyl sites for hydroxylation is 1. The third-order valence-electron chi connectivity index (χ3n) is 4.47. The molecule has 0 bridgehead atoms. The van der Waals surface area contributed by atoms with Crippen LogP contribution in [0.3, 0.4) is 0 Å². The number of nitrogens with two attached hydrogens (primary N) is 1. The summed E-state index contributed by atoms with van der Waals surface area (Å²) in [4.78, 5) is 22.2. The molecule has 2 aliphatic heterocycles. The molecule has 1 atom stereocenters. The third-order valence-corrected chi connectivity index (χ3v) is 5.44. The number of carbonyl (C=O) groups is 1. The molecule has 6 nitrogen and oxygen atoms in total. The number of amides is 1. The number of carbonyl (C=O) groups excluding carboxylic acids is 1. The SMILES string of the molecule is Cc1nc(N)sc1C(=O)N1CCCCC1CN1CCOCC1. The van der Waals surface area contributed by atoms with Crippen LogP contribution in [-0.4, -0.2) is 66.1 Å². The maximum absolute atomic E-state index is 12.9. The van der Waals surface area contributed by atoms with E-state index >= 15 is 0 Å². The number of aromatic nitrogens is 1. The quantitative estimate of drug-likeness (QED) is 0.909. The van der Waals surface area contributed by atoms with Crippen molar-refractivity contribution in [3.63, 3.8) is 0 Å². The molecular weight excluding hydrogens is 300 g/mol. The van der Waals surface area contributed by atoms with E-state index in [9.17, 15) is 4.79 Å². The molecule has 7 heteroatoms. The highest BCUT2D eigenvalue weighted by Gasteiger charge is 2.31. The first-order valence-corrected chi connectivity index (χ1v) is 8.81. The molecule has 0 saturated carbocycles. The highest BCUT2D eigenvalue weighted by Crippen LogP contribution is 2.26. The van der Waals surface area contributed by atoms with Crippen molar-refractivity contribution in [1.82, 2.24) is 14.8 Å². The van der Waals surface area contributed by atoms with Gasteiger partial charge in [0.05, 0.1) is 18.9 Å². The van der Waals surface area contributed by atoms with Gasteiger partial charge in [-0.05, 0) is 26.2 Å². The Kier molecular flexibility index (Phi) is 4.95. The molecule has 0 aromatic carbocycles. The number of morpholine rings is 1. The van der Waals surface area contributed by atoms with Crippen LogP contribution < -0.4 is 5.73 Å². The highest BCUT2D eigenvalue weighted by atomic mass is 32.1. The van der Waals surface area contributed by atoms with Crippen LogP contribution in [0.1, 0.15) is 34.6 Å². The summed E-state index contributed by atoms with van der Waals surface area (Å²) in [7, 11) is 0. The standard InChI is InChI=1S/C15H24N4O2S/c1-11-13(22-15(16)17-11)14(20)19-5-3-2-4-12(19)10-18-6-8-21-9-7-18/h12H,2-10H2,1H3,(H2,16,17). The minimum absolute atomic E-state index is 0.102. The van der Waals surface area contributed by atoms with Crippen LogP contribution in [0.4, 0.5) is 5.13 Å². The molecule has 2 N–H and O–H groups in total. The third kappa shape index (κ3) is 3.42. The summed E-state index contributed by atoms with van der Waals surface area (Å²) in [6.45, 7) is 7.17. The van der Waals surface area contributed by atoms with Crippen LogP contribution in [-0.2, 0) is 4.74 Å². The largest absolute Gasteiger partial charge is 0.379 e. The molecule has 2 aliphatic rings. The molecule has 3 rings (SSSR count). The van der Waals surface area contributed by atoms with Gasteiger partial charge in [-0.1, -0.05) is 11.3 Å². The van der Waals surface area contributed by atoms with Gasteiger partial charge in [0, 0.05) is 32.2 Å². The fourth-order valence-corrected chi connectivity index (χ4v) is 4.08. The first-order chi connectivity index (χ1) is 10.6. The smallest absolute Gasteiger partial charge is 0.266 e. The van der Waals surface area contributed by atoms with Gasteiger partial charge in [0.15, 0.2) is 5.13 Å². The second kappa shape index (κ2) is 6.93. The number of anilines is 1. The van der Waals surface area contributed by atoms with Crippen molar-refractivity contribution >= 4 is 22.4 Å². The van der Waals surface area contributed by atoms with Crippen molar-refractivity contribution in [1.29, 1.82) is 0 Å². The lowest BCUT2D eigenvalue weighted by atomic mass is 10.0. The molecule has 1 unspecified atom stereocenters. The fraction of sp³-hybridized carbons (Fsp3) is 0.733. The highest BCUT2D eigenvalue weighted by molar-refractivity contribution is 7.17. The van der Waals surface area contributed by atoms with E-state index in [0.717, 1.165) is 57.9 Å². The Hall–Kier alpha value is -1.18. The van der Waals surface area contributed by atoms with E-state index in [1.54, 1.807) is 0 Å². The minimum Gasteiger partial charge on any atom is -0.379 e. The molecule has 3 heterocycles. The number of ether oxygens (including phenoxy) is 1. The van der Waals surface area contributed by atoms with E-state index in [-0.39, 0.29) is 5.91 Å². The number of nitrogens with zero attached hydrogens (tertiary/aromatic N) is 3. The average Bonchev–Trinajstić information content (AvgIpc) is 2.87. The molecule has 2 saturated heterocycles. The van der Waals surface area contributed by atoms with Crippen molar-refractivity contribution in [3.05, 3.63) is 10.6 Å². The van der Waals surface area contributed by atoms with Gasteiger partial charge in [0.25, 0.3) is 5.91 Å². The van der Waals surface area contributed by atoms with Crippen LogP contribution in [0.5, 0.6) is 0 Å². The summed E-state index contributed by atoms with van der Waals surface area (Å²) in [5.41, 5.74) is 6.50. The summed E-state index contributed by atoms with van der Waals surface area (Å²) >= 11 is 1.31. The van der Waals surface area contributed by atoms with Gasteiger partial charge in [0.2, 0.25) is 0 Å². The van der Waals surface area contributed by atoms with Crippen LogP contribution in [0.15, 0.2) is 0 Å². The maximum atomic E-state index is 12.9. The molecule has 1 aromatic rings. The Labute approximate surface area is 135 Å². The van der Waals surface area contributed by atoms with E-state index < -0.39 is 0 Å². The second-order valence-corrected chi connectivity index (χ2v) is 7.06. The number of likely N-dealkylation sites (tertiary alicyclic amines) is 1. The number of hydrogen-bond acceptors (Lipinski definition) is 6. The summed E-state index contributed by atoms with van der Waals surface area (Å²) in [6.07, 6.45) is 3.36. The first kappa shape index (κ1) is 15.7. The Morgan fingerprint density at radius 3 is 2.82 bits per heavy atom. The zero-order valence-electron chi connectivity index (χ0n) is 13.1. The normalized spacial score (nSPS) is 23.7. The Bertz CT molecular complexity index is 528. The lowest BCUT2D eigenvalue weighted by molar-refractivity contribution is 0.0167. The van der Waals surface area contributed by atoms with E-state index in [1.807, 2.05) is 11.8 Å². The number of nitrogen functional groups attached to an aromatic ring is 1. The summed E-state index contributed by atoms with van der Waals surface area (Å²) < 4.78 is 5.41. The lowest BCUT2D eigenvalue weighted by Gasteiger charge is -2.39. The Morgan fingerprint density at radius 2 is 2.14 bits per heavy atom. The van der Waals surface area contributed by atoms with Crippen LogP contribution in [0.2, 0.25) is 0 Å². The summed E-state index contributed by atoms with van der Waals surface area (Å²) in [5.74, 6) is 0.102. The van der Waals surface area contributed by atoms with Crippen LogP contribution in [0, 0.1) is 6.92 Å². The van der Waals surface area contributed by atoms with Crippen LogP contribution >= 0.6 is 11.3 Å². The van der Waals surface area contributed by atoms with E-state index in [0.29, 0.717) is 16.1 Å². The minimum atomic E-state index is 0.102. The Balaban J connectivity index is 1.71. The summed E-state index contributed by atoms with van der Waals surface area (Å²) in [5, 5.41) is 0.475. The maximum Gasteiger partial charge on any atom is 0.266 e. The topological polar surface area (TPSA) is 71.7 Å². The van der Waals surface area contributed by atoms with Gasteiger partial charge in [-0.3, -0.25) is 9.69 Å². The predicted octanol–water partition coefficient (Wildman–Crippen LogP) is 1.36. The van der Waals surface area contributed by atoms with Gasteiger partial charge in [-0.2, -0.15) is 0 Å². The number of rotatable bonds is 3. The van der Waals surface area contributed by atoms with Gasteiger partial charge in [-0.15, -0.1) is 0 Å². The lowest BCUT2D eigenvalue weighted by Crippen LogP contribution is -2.51. The molecule has 22 heavy (non-hydrogen) atoms. The van der Waals surface area contributed by atoms with E-state index in [4.69, 9.17) is 10.5 Å². The second-order valence-electron chi connectivity index (χ2n) is 6.03. The number of hydrogen-bond donors (Lipinski definition) is 1. The molecule has 2 fully saturated rings. The monoisotopic (exact) mass is 324 g/mol. The van der Waals surface area contributed by atoms with Crippen LogP contribution in [0.25, 0.3) is 0 Å². The van der Waals surface area contributed by atoms with E-state index in [2.05, 4.69) is 9.88 Å². The van der Waals surface area contributed by atoms with Crippen molar-refractivity contribution in [3.8, 4) is 0 Å². The van der Waals surface area contributed by atoms with Gasteiger partial charge in [0.1, 0.15) is 4.88 Å². The van der Waals surface area contributed by atoms with Crippen molar-refractivity contribution in [2.75, 3.05) is 45.1 Å². The van der Waals surface area contributed by atoms with Gasteiger partial charge >= 0.3 is 0 Å². The van der Waals surface area contributed by atoms with Gasteiger partial charge < -0.3 is 15.4 Å². The van der Waals surface area contributed by atoms with Gasteiger partial charge in [-0.25, -0.2) is 4.98 Å². The molecular formula is C15H24N4O2S. The number of piperidine rings is 1. The molecule has 122 valence electrons. The average molecular weight is 324 g/mol. The molecule has 0 spiro atoms. The van der Waals surface area contributed by atoms with E-state index in [1.165, 1.54) is 17.8 Å². The molecule has 0 aliphatic carbocycles.